The molecular formula is C18H37O8P. The maximum absolute atomic E-state index is 10.3. The highest BCUT2D eigenvalue weighted by Gasteiger charge is 2.15. The van der Waals surface area contributed by atoms with E-state index in [0.717, 1.165) is 12.8 Å². The molecule has 0 heterocycles. The summed E-state index contributed by atoms with van der Waals surface area (Å²) in [5.74, 6) is -2.07. The molecule has 0 saturated carbocycles. The second-order valence-electron chi connectivity index (χ2n) is 6.54. The minimum Gasteiger partial charge on any atom is -0.481 e. The number of hydrogen-bond acceptors (Lipinski definition) is 4. The topological polar surface area (TPSA) is 141 Å². The van der Waals surface area contributed by atoms with Crippen LogP contribution in [0.5, 0.6) is 0 Å². The summed E-state index contributed by atoms with van der Waals surface area (Å²) in [5, 5.41) is 16.3. The van der Waals surface area contributed by atoms with Crippen molar-refractivity contribution in [2.75, 3.05) is 6.61 Å². The van der Waals surface area contributed by atoms with Crippen molar-refractivity contribution in [2.24, 2.45) is 0 Å². The zero-order chi connectivity index (χ0) is 21.0. The van der Waals surface area contributed by atoms with Gasteiger partial charge >= 0.3 is 19.8 Å². The normalized spacial score (nSPS) is 10.9. The number of carboxylic acid groups (broad SMARTS) is 2. The van der Waals surface area contributed by atoms with Crippen LogP contribution < -0.4 is 0 Å². The first-order valence-corrected chi connectivity index (χ1v) is 11.4. The van der Waals surface area contributed by atoms with Gasteiger partial charge in [-0.25, -0.2) is 9.36 Å². The monoisotopic (exact) mass is 412 g/mol. The Morgan fingerprint density at radius 2 is 1.07 bits per heavy atom. The summed E-state index contributed by atoms with van der Waals surface area (Å²) >= 11 is 0. The van der Waals surface area contributed by atoms with Crippen LogP contribution in [0.15, 0.2) is 0 Å². The molecule has 27 heavy (non-hydrogen) atoms. The predicted molar refractivity (Wildman–Crippen MR) is 104 cm³/mol. The Balaban J connectivity index is 0. The number of phosphoric acid groups is 1. The molecule has 0 unspecified atom stereocenters. The lowest BCUT2D eigenvalue weighted by molar-refractivity contribution is -0.140. The molecule has 0 aromatic carbocycles. The fraction of sp³-hybridized carbons (Fsp3) is 0.889. The lowest BCUT2D eigenvalue weighted by atomic mass is 10.0. The van der Waals surface area contributed by atoms with Gasteiger partial charge in [0, 0.05) is 6.42 Å². The molecule has 0 saturated heterocycles. The van der Waals surface area contributed by atoms with E-state index in [1.54, 1.807) is 0 Å². The Morgan fingerprint density at radius 3 is 1.33 bits per heavy atom. The van der Waals surface area contributed by atoms with E-state index < -0.39 is 26.4 Å². The summed E-state index contributed by atoms with van der Waals surface area (Å²) in [5.41, 5.74) is 0. The van der Waals surface area contributed by atoms with Crippen molar-refractivity contribution in [3.8, 4) is 0 Å². The molecule has 0 aliphatic carbocycles. The van der Waals surface area contributed by atoms with Crippen molar-refractivity contribution in [2.45, 2.75) is 96.8 Å². The van der Waals surface area contributed by atoms with Crippen molar-refractivity contribution in [1.82, 2.24) is 0 Å². The molecule has 8 nitrogen and oxygen atoms in total. The van der Waals surface area contributed by atoms with Crippen molar-refractivity contribution in [3.05, 3.63) is 0 Å². The third-order valence-corrected chi connectivity index (χ3v) is 4.32. The zero-order valence-electron chi connectivity index (χ0n) is 16.5. The van der Waals surface area contributed by atoms with E-state index in [1.807, 2.05) is 0 Å². The van der Waals surface area contributed by atoms with Crippen molar-refractivity contribution in [3.63, 3.8) is 0 Å². The highest BCUT2D eigenvalue weighted by Crippen LogP contribution is 2.35. The van der Waals surface area contributed by atoms with E-state index in [9.17, 15) is 14.2 Å². The predicted octanol–water partition coefficient (Wildman–Crippen LogP) is 4.73. The van der Waals surface area contributed by atoms with Gasteiger partial charge in [-0.15, -0.1) is 0 Å². The van der Waals surface area contributed by atoms with Gasteiger partial charge in [-0.05, 0) is 6.42 Å². The number of hydrogen-bond donors (Lipinski definition) is 4. The van der Waals surface area contributed by atoms with Crippen LogP contribution in [0.4, 0.5) is 0 Å². The van der Waals surface area contributed by atoms with Crippen LogP contribution in [-0.4, -0.2) is 38.5 Å². The van der Waals surface area contributed by atoms with E-state index in [4.69, 9.17) is 20.0 Å². The molecular weight excluding hydrogens is 375 g/mol. The molecule has 0 bridgehead atoms. The maximum Gasteiger partial charge on any atom is 0.470 e. The summed E-state index contributed by atoms with van der Waals surface area (Å²) < 4.78 is 13.3. The van der Waals surface area contributed by atoms with Crippen LogP contribution in [0.3, 0.4) is 0 Å². The summed E-state index contributed by atoms with van der Waals surface area (Å²) in [6, 6.07) is 0. The Bertz CT molecular complexity index is 408. The lowest BCUT2D eigenvalue weighted by Gasteiger charge is -2.02. The molecule has 4 N–H and O–H groups in total. The number of unbranched alkanes of at least 4 members (excludes halogenated alkanes) is 12. The smallest absolute Gasteiger partial charge is 0.470 e. The lowest BCUT2D eigenvalue weighted by Crippen LogP contribution is -2.04. The van der Waals surface area contributed by atoms with E-state index in [2.05, 4.69) is 11.4 Å². The first kappa shape index (κ1) is 28.3. The van der Waals surface area contributed by atoms with Crippen LogP contribution in [-0.2, 0) is 18.7 Å². The van der Waals surface area contributed by atoms with Gasteiger partial charge in [0.2, 0.25) is 0 Å². The molecule has 0 spiro atoms. The Labute approximate surface area is 162 Å². The van der Waals surface area contributed by atoms with Crippen LogP contribution >= 0.6 is 7.82 Å². The Morgan fingerprint density at radius 1 is 0.704 bits per heavy atom. The van der Waals surface area contributed by atoms with Gasteiger partial charge in [-0.3, -0.25) is 9.32 Å². The van der Waals surface area contributed by atoms with Crippen molar-refractivity contribution >= 4 is 19.8 Å². The van der Waals surface area contributed by atoms with Crippen LogP contribution in [0.25, 0.3) is 0 Å². The van der Waals surface area contributed by atoms with E-state index in [0.29, 0.717) is 6.42 Å². The maximum atomic E-state index is 10.3. The SMILES string of the molecule is CCCCCCCCCCCCCCCC(=O)O.O=C(O)COP(=O)(O)O. The molecule has 0 radical (unpaired) electrons. The summed E-state index contributed by atoms with van der Waals surface area (Å²) in [4.78, 5) is 35.7. The molecule has 9 heteroatoms. The number of carbonyl (C=O) groups is 2. The third kappa shape index (κ3) is 33.1. The molecule has 0 rings (SSSR count). The highest BCUT2D eigenvalue weighted by atomic mass is 31.2. The highest BCUT2D eigenvalue weighted by molar-refractivity contribution is 7.46. The van der Waals surface area contributed by atoms with E-state index >= 15 is 0 Å². The fourth-order valence-corrected chi connectivity index (χ4v) is 2.71. The van der Waals surface area contributed by atoms with Crippen LogP contribution in [0, 0.1) is 0 Å². The standard InChI is InChI=1S/C16H32O2.C2H5O6P/c1-2-3-4-5-6-7-8-9-10-11-12-13-14-15-16(17)18;3-2(4)1-8-9(5,6)7/h2-15H2,1H3,(H,17,18);1H2,(H,3,4)(H2,5,6,7). The molecule has 0 atom stereocenters. The van der Waals surface area contributed by atoms with Crippen LogP contribution in [0.1, 0.15) is 96.8 Å². The first-order valence-electron chi connectivity index (χ1n) is 9.82. The zero-order valence-corrected chi connectivity index (χ0v) is 17.4. The Kier molecular flexibility index (Phi) is 20.7. The number of aliphatic carboxylic acids is 2. The first-order chi connectivity index (χ1) is 12.7. The summed E-state index contributed by atoms with van der Waals surface area (Å²) in [6.45, 7) is 1.28. The molecule has 0 aliphatic heterocycles. The number of phosphoric ester groups is 1. The van der Waals surface area contributed by atoms with Crippen LogP contribution in [0.2, 0.25) is 0 Å². The molecule has 162 valence electrons. The quantitative estimate of drug-likeness (QED) is 0.198. The molecule has 0 fully saturated rings. The van der Waals surface area contributed by atoms with Gasteiger partial charge in [0.1, 0.15) is 0 Å². The van der Waals surface area contributed by atoms with Gasteiger partial charge in [0.05, 0.1) is 0 Å². The summed E-state index contributed by atoms with van der Waals surface area (Å²) in [7, 11) is -4.60. The molecule has 0 aliphatic rings. The Hall–Kier alpha value is -0.950. The summed E-state index contributed by atoms with van der Waals surface area (Å²) in [6.07, 6.45) is 17.3. The fourth-order valence-electron chi connectivity index (χ4n) is 2.43. The largest absolute Gasteiger partial charge is 0.481 e. The average molecular weight is 412 g/mol. The molecule has 0 amide bonds. The van der Waals surface area contributed by atoms with Crippen molar-refractivity contribution in [1.29, 1.82) is 0 Å². The van der Waals surface area contributed by atoms with Crippen molar-refractivity contribution < 1.29 is 38.7 Å². The van der Waals surface area contributed by atoms with E-state index in [-0.39, 0.29) is 0 Å². The number of rotatable bonds is 17. The molecule has 0 aromatic heterocycles. The van der Waals surface area contributed by atoms with Gasteiger partial charge in [0.15, 0.2) is 6.61 Å². The third-order valence-electron chi connectivity index (χ3n) is 3.85. The second kappa shape index (κ2) is 19.8. The van der Waals surface area contributed by atoms with Gasteiger partial charge < -0.3 is 20.0 Å². The minimum atomic E-state index is -4.60. The van der Waals surface area contributed by atoms with Gasteiger partial charge in [-0.2, -0.15) is 0 Å². The second-order valence-corrected chi connectivity index (χ2v) is 7.78. The van der Waals surface area contributed by atoms with E-state index in [1.165, 1.54) is 70.6 Å². The molecule has 0 aromatic rings. The van der Waals surface area contributed by atoms with Gasteiger partial charge in [0.25, 0.3) is 0 Å². The minimum absolute atomic E-state index is 0.345. The number of carboxylic acids is 2. The van der Waals surface area contributed by atoms with Gasteiger partial charge in [-0.1, -0.05) is 84.0 Å². The average Bonchev–Trinajstić information content (AvgIpc) is 2.57.